The first-order valence-corrected chi connectivity index (χ1v) is 10.8. The van der Waals surface area contributed by atoms with Gasteiger partial charge in [0.05, 0.1) is 15.2 Å². The second-order valence-corrected chi connectivity index (χ2v) is 10.6. The molecule has 0 unspecified atom stereocenters. The van der Waals surface area contributed by atoms with Crippen molar-refractivity contribution in [2.45, 2.75) is 54.7 Å². The highest BCUT2D eigenvalue weighted by Crippen LogP contribution is 2.45. The van der Waals surface area contributed by atoms with E-state index in [1.165, 1.54) is 19.9 Å². The van der Waals surface area contributed by atoms with Gasteiger partial charge in [0.25, 0.3) is 0 Å². The summed E-state index contributed by atoms with van der Waals surface area (Å²) in [6, 6.07) is 1.99. The van der Waals surface area contributed by atoms with Crippen LogP contribution in [0.4, 0.5) is 36.6 Å². The highest BCUT2D eigenvalue weighted by atomic mass is 32.2. The number of hydrogen-bond acceptors (Lipinski definition) is 5. The number of nitrogens with one attached hydrogen (secondary N) is 1. The monoisotopic (exact) mass is 485 g/mol. The van der Waals surface area contributed by atoms with Crippen molar-refractivity contribution in [3.63, 3.8) is 0 Å². The standard InChI is InChI=1S/C19H18F7N3O2S/c1-17(2,32(30,31)14-8-11(18(21,22)23)5-12(20)9-14)10-6-13(7-10)28-15-3-4-27-16(29-15)19(24,25)26/h3-5,8-10,13H,6-7H2,1-2H3,(H,27,28,29)/t10-,13-. The van der Waals surface area contributed by atoms with Crippen LogP contribution >= 0.6 is 0 Å². The third kappa shape index (κ3) is 4.66. The van der Waals surface area contributed by atoms with Crippen LogP contribution in [0.3, 0.4) is 0 Å². The average Bonchev–Trinajstić information content (AvgIpc) is 2.62. The maximum atomic E-state index is 13.7. The minimum absolute atomic E-state index is 0.0867. The minimum Gasteiger partial charge on any atom is -0.367 e. The molecule has 1 aromatic heterocycles. The van der Waals surface area contributed by atoms with Gasteiger partial charge in [-0.25, -0.2) is 22.8 Å². The third-order valence-electron chi connectivity index (χ3n) is 5.58. The molecule has 5 nitrogen and oxygen atoms in total. The molecule has 1 aliphatic rings. The normalized spacial score (nSPS) is 20.0. The average molecular weight is 485 g/mol. The summed E-state index contributed by atoms with van der Waals surface area (Å²) >= 11 is 0. The lowest BCUT2D eigenvalue weighted by atomic mass is 9.73. The van der Waals surface area contributed by atoms with Gasteiger partial charge in [0.2, 0.25) is 5.82 Å². The summed E-state index contributed by atoms with van der Waals surface area (Å²) in [6.45, 7) is 2.65. The number of aromatic nitrogens is 2. The van der Waals surface area contributed by atoms with E-state index >= 15 is 0 Å². The van der Waals surface area contributed by atoms with E-state index in [1.54, 1.807) is 0 Å². The molecule has 0 saturated heterocycles. The van der Waals surface area contributed by atoms with Gasteiger partial charge in [0.15, 0.2) is 9.84 Å². The zero-order valence-electron chi connectivity index (χ0n) is 16.7. The largest absolute Gasteiger partial charge is 0.451 e. The molecule has 32 heavy (non-hydrogen) atoms. The molecule has 176 valence electrons. The highest BCUT2D eigenvalue weighted by molar-refractivity contribution is 7.92. The summed E-state index contributed by atoms with van der Waals surface area (Å²) < 4.78 is 115. The van der Waals surface area contributed by atoms with Gasteiger partial charge in [-0.1, -0.05) is 0 Å². The zero-order valence-corrected chi connectivity index (χ0v) is 17.5. The van der Waals surface area contributed by atoms with Crippen LogP contribution in [0.2, 0.25) is 0 Å². The van der Waals surface area contributed by atoms with Crippen molar-refractivity contribution in [3.05, 3.63) is 47.7 Å². The van der Waals surface area contributed by atoms with Crippen molar-refractivity contribution in [2.75, 3.05) is 5.32 Å². The summed E-state index contributed by atoms with van der Waals surface area (Å²) in [5, 5.41) is 2.77. The van der Waals surface area contributed by atoms with Gasteiger partial charge in [-0.15, -0.1) is 0 Å². The fraction of sp³-hybridized carbons (Fsp3) is 0.474. The van der Waals surface area contributed by atoms with Gasteiger partial charge in [0, 0.05) is 12.2 Å². The Hall–Kier alpha value is -2.44. The first kappa shape index (κ1) is 24.2. The molecule has 0 spiro atoms. The van der Waals surface area contributed by atoms with Crippen LogP contribution in [0.25, 0.3) is 0 Å². The molecule has 1 saturated carbocycles. The van der Waals surface area contributed by atoms with Gasteiger partial charge in [0.1, 0.15) is 11.6 Å². The van der Waals surface area contributed by atoms with E-state index in [-0.39, 0.29) is 24.7 Å². The zero-order chi connectivity index (χ0) is 24.1. The number of sulfone groups is 1. The maximum Gasteiger partial charge on any atom is 0.451 e. The van der Waals surface area contributed by atoms with E-state index in [2.05, 4.69) is 15.3 Å². The molecular weight excluding hydrogens is 467 g/mol. The molecule has 0 radical (unpaired) electrons. The van der Waals surface area contributed by atoms with E-state index in [1.807, 2.05) is 0 Å². The molecular formula is C19H18F7N3O2S. The Bertz CT molecular complexity index is 1110. The van der Waals surface area contributed by atoms with Crippen molar-refractivity contribution < 1.29 is 39.2 Å². The van der Waals surface area contributed by atoms with Gasteiger partial charge in [-0.3, -0.25) is 0 Å². The second kappa shape index (κ2) is 7.85. The topological polar surface area (TPSA) is 72.0 Å². The van der Waals surface area contributed by atoms with Crippen LogP contribution in [0, 0.1) is 11.7 Å². The Labute approximate surface area is 179 Å². The number of rotatable bonds is 5. The summed E-state index contributed by atoms with van der Waals surface area (Å²) in [5.41, 5.74) is -1.41. The number of nitrogens with zero attached hydrogens (tertiary/aromatic N) is 2. The van der Waals surface area contributed by atoms with Crippen molar-refractivity contribution in [1.82, 2.24) is 9.97 Å². The van der Waals surface area contributed by atoms with E-state index < -0.39 is 61.0 Å². The molecule has 1 fully saturated rings. The quantitative estimate of drug-likeness (QED) is 0.597. The van der Waals surface area contributed by atoms with Crippen LogP contribution in [0.5, 0.6) is 0 Å². The number of hydrogen-bond donors (Lipinski definition) is 1. The van der Waals surface area contributed by atoms with Crippen LogP contribution in [-0.2, 0) is 22.2 Å². The van der Waals surface area contributed by atoms with Gasteiger partial charge in [-0.05, 0) is 56.9 Å². The van der Waals surface area contributed by atoms with Gasteiger partial charge >= 0.3 is 12.4 Å². The fourth-order valence-corrected chi connectivity index (χ4v) is 5.28. The lowest BCUT2D eigenvalue weighted by Gasteiger charge is -2.45. The Morgan fingerprint density at radius 1 is 1.00 bits per heavy atom. The van der Waals surface area contributed by atoms with E-state index in [4.69, 9.17) is 0 Å². The number of alkyl halides is 6. The molecule has 2 aromatic rings. The van der Waals surface area contributed by atoms with Crippen molar-refractivity contribution in [3.8, 4) is 0 Å². The lowest BCUT2D eigenvalue weighted by Crippen LogP contribution is -2.50. The number of anilines is 1. The second-order valence-electron chi connectivity index (χ2n) is 8.05. The summed E-state index contributed by atoms with van der Waals surface area (Å²) in [5.74, 6) is -3.28. The Kier molecular flexibility index (Phi) is 5.94. The predicted molar refractivity (Wildman–Crippen MR) is 99.8 cm³/mol. The van der Waals surface area contributed by atoms with E-state index in [0.29, 0.717) is 12.1 Å². The first-order valence-electron chi connectivity index (χ1n) is 9.31. The van der Waals surface area contributed by atoms with Crippen molar-refractivity contribution in [2.24, 2.45) is 5.92 Å². The SMILES string of the molecule is CC(C)([C@H]1C[C@H](Nc2ccnc(C(F)(F)F)n2)C1)S(=O)(=O)c1cc(F)cc(C(F)(F)F)c1. The lowest BCUT2D eigenvalue weighted by molar-refractivity contribution is -0.145. The minimum atomic E-state index is -4.92. The smallest absolute Gasteiger partial charge is 0.367 e. The van der Waals surface area contributed by atoms with Crippen LogP contribution in [0.15, 0.2) is 35.4 Å². The highest BCUT2D eigenvalue weighted by Gasteiger charge is 2.49. The Morgan fingerprint density at radius 2 is 1.62 bits per heavy atom. The first-order chi connectivity index (χ1) is 14.5. The van der Waals surface area contributed by atoms with Gasteiger partial charge < -0.3 is 5.32 Å². The predicted octanol–water partition coefficient (Wildman–Crippen LogP) is 5.10. The molecule has 1 aromatic carbocycles. The molecule has 3 rings (SSSR count). The fourth-order valence-electron chi connectivity index (χ4n) is 3.49. The maximum absolute atomic E-state index is 13.7. The van der Waals surface area contributed by atoms with Gasteiger partial charge in [-0.2, -0.15) is 26.3 Å². The molecule has 0 amide bonds. The number of halogens is 7. The van der Waals surface area contributed by atoms with Crippen molar-refractivity contribution in [1.29, 1.82) is 0 Å². The van der Waals surface area contributed by atoms with E-state index in [9.17, 15) is 39.2 Å². The van der Waals surface area contributed by atoms with E-state index in [0.717, 1.165) is 6.20 Å². The molecule has 1 aliphatic carbocycles. The van der Waals surface area contributed by atoms with Crippen LogP contribution < -0.4 is 5.32 Å². The Morgan fingerprint density at radius 3 is 2.19 bits per heavy atom. The molecule has 0 atom stereocenters. The summed E-state index contributed by atoms with van der Waals surface area (Å²) in [6.07, 6.45) is -8.30. The molecule has 13 heteroatoms. The van der Waals surface area contributed by atoms with Crippen LogP contribution in [-0.4, -0.2) is 29.2 Å². The molecule has 1 N–H and O–H groups in total. The summed E-state index contributed by atoms with van der Waals surface area (Å²) in [4.78, 5) is 5.74. The summed E-state index contributed by atoms with van der Waals surface area (Å²) in [7, 11) is -4.37. The van der Waals surface area contributed by atoms with Crippen LogP contribution in [0.1, 0.15) is 38.1 Å². The van der Waals surface area contributed by atoms with Crippen molar-refractivity contribution >= 4 is 15.7 Å². The molecule has 0 bridgehead atoms. The Balaban J connectivity index is 1.76. The number of benzene rings is 1. The third-order valence-corrected chi connectivity index (χ3v) is 8.16. The molecule has 0 aliphatic heterocycles. The molecule has 1 heterocycles.